The number of nitrogens with zero attached hydrogens (tertiary/aromatic N) is 3. The summed E-state index contributed by atoms with van der Waals surface area (Å²) in [7, 11) is 0. The van der Waals surface area contributed by atoms with Gasteiger partial charge in [-0.1, -0.05) is 121 Å². The fourth-order valence-electron chi connectivity index (χ4n) is 9.44. The van der Waals surface area contributed by atoms with Gasteiger partial charge in [-0.15, -0.1) is 0 Å². The molecule has 0 atom stereocenters. The Bertz CT molecular complexity index is 3350. The minimum absolute atomic E-state index is 1.16. The van der Waals surface area contributed by atoms with E-state index in [0.29, 0.717) is 0 Å². The zero-order chi connectivity index (χ0) is 38.3. The maximum atomic E-state index is 2.46. The van der Waals surface area contributed by atoms with E-state index in [0.717, 1.165) is 5.69 Å². The third-order valence-corrected chi connectivity index (χ3v) is 12.1. The minimum Gasteiger partial charge on any atom is -0.309 e. The average Bonchev–Trinajstić information content (AvgIpc) is 3.91. The fourth-order valence-corrected chi connectivity index (χ4v) is 9.44. The summed E-state index contributed by atoms with van der Waals surface area (Å²) in [6.07, 6.45) is 0. The molecule has 0 spiro atoms. The molecule has 12 aromatic rings. The van der Waals surface area contributed by atoms with E-state index in [1.54, 1.807) is 0 Å². The highest BCUT2D eigenvalue weighted by molar-refractivity contribution is 6.14. The van der Waals surface area contributed by atoms with Crippen molar-refractivity contribution in [1.29, 1.82) is 0 Å². The average molecular weight is 740 g/mol. The third kappa shape index (κ3) is 4.93. The highest BCUT2D eigenvalue weighted by atomic mass is 15.0. The van der Waals surface area contributed by atoms with Gasteiger partial charge in [-0.3, -0.25) is 0 Å². The molecule has 0 saturated heterocycles. The summed E-state index contributed by atoms with van der Waals surface area (Å²) in [6.45, 7) is 2.18. The second-order valence-corrected chi connectivity index (χ2v) is 15.5. The van der Waals surface area contributed by atoms with E-state index in [-0.39, 0.29) is 0 Å². The largest absolute Gasteiger partial charge is 0.309 e. The van der Waals surface area contributed by atoms with E-state index in [1.807, 2.05) is 0 Å². The standard InChI is InChI=1S/C55H37N3/c1-36-13-12-18-43(31-36)58-54-34-39(37-25-29-52-48(32-37)44-19-8-10-21-50(44)56(52)41-14-4-2-5-15-41)23-27-46(54)47-28-24-40(35-55(47)58)38-26-30-53-49(33-38)45-20-9-11-22-51(45)57(53)42-16-6-3-7-17-42/h2-35H,1H3. The Labute approximate surface area is 335 Å². The first-order valence-electron chi connectivity index (χ1n) is 20.0. The van der Waals surface area contributed by atoms with Gasteiger partial charge in [0.2, 0.25) is 0 Å². The van der Waals surface area contributed by atoms with Crippen LogP contribution in [0, 0.1) is 6.92 Å². The van der Waals surface area contributed by atoms with Crippen LogP contribution in [-0.2, 0) is 0 Å². The molecule has 0 bridgehead atoms. The Balaban J connectivity index is 1.04. The molecule has 272 valence electrons. The van der Waals surface area contributed by atoms with Crippen LogP contribution in [-0.4, -0.2) is 13.7 Å². The highest BCUT2D eigenvalue weighted by Gasteiger charge is 2.18. The lowest BCUT2D eigenvalue weighted by Crippen LogP contribution is -1.95. The first kappa shape index (κ1) is 32.6. The topological polar surface area (TPSA) is 14.8 Å². The van der Waals surface area contributed by atoms with Crippen molar-refractivity contribution in [2.45, 2.75) is 6.92 Å². The number of para-hydroxylation sites is 4. The van der Waals surface area contributed by atoms with E-state index in [9.17, 15) is 0 Å². The molecular formula is C55H37N3. The van der Waals surface area contributed by atoms with Crippen LogP contribution >= 0.6 is 0 Å². The first-order chi connectivity index (χ1) is 28.7. The van der Waals surface area contributed by atoms with Crippen LogP contribution in [0.1, 0.15) is 5.56 Å². The zero-order valence-electron chi connectivity index (χ0n) is 32.0. The monoisotopic (exact) mass is 739 g/mol. The molecule has 3 aromatic heterocycles. The van der Waals surface area contributed by atoms with Gasteiger partial charge < -0.3 is 13.7 Å². The number of hydrogen-bond donors (Lipinski definition) is 0. The summed E-state index contributed by atoms with van der Waals surface area (Å²) < 4.78 is 7.22. The van der Waals surface area contributed by atoms with Crippen molar-refractivity contribution in [1.82, 2.24) is 13.7 Å². The molecule has 3 nitrogen and oxygen atoms in total. The molecule has 0 saturated carbocycles. The number of fused-ring (bicyclic) bond motifs is 9. The smallest absolute Gasteiger partial charge is 0.0547 e. The summed E-state index contributed by atoms with van der Waals surface area (Å²) in [5, 5.41) is 7.52. The van der Waals surface area contributed by atoms with Crippen molar-refractivity contribution in [2.24, 2.45) is 0 Å². The minimum atomic E-state index is 1.16. The van der Waals surface area contributed by atoms with Crippen LogP contribution in [0.3, 0.4) is 0 Å². The third-order valence-electron chi connectivity index (χ3n) is 12.1. The first-order valence-corrected chi connectivity index (χ1v) is 20.0. The van der Waals surface area contributed by atoms with Crippen LogP contribution in [0.4, 0.5) is 0 Å². The molecule has 0 radical (unpaired) electrons. The number of aromatic nitrogens is 3. The van der Waals surface area contributed by atoms with Crippen LogP contribution in [0.15, 0.2) is 206 Å². The summed E-state index contributed by atoms with van der Waals surface area (Å²) in [5.41, 5.74) is 16.8. The van der Waals surface area contributed by atoms with Crippen LogP contribution < -0.4 is 0 Å². The molecule has 12 rings (SSSR count). The van der Waals surface area contributed by atoms with Crippen molar-refractivity contribution in [3.63, 3.8) is 0 Å². The SMILES string of the molecule is Cc1cccc(-n2c3cc(-c4ccc5c(c4)c4ccccc4n5-c4ccccc4)ccc3c3ccc(-c4ccc5c(c4)c4ccccc4n5-c4ccccc4)cc32)c1. The molecule has 0 N–H and O–H groups in total. The molecule has 3 heteroatoms. The number of benzene rings is 9. The summed E-state index contributed by atoms with van der Waals surface area (Å²) >= 11 is 0. The second-order valence-electron chi connectivity index (χ2n) is 15.5. The molecule has 0 aliphatic heterocycles. The van der Waals surface area contributed by atoms with Gasteiger partial charge >= 0.3 is 0 Å². The predicted octanol–water partition coefficient (Wildman–Crippen LogP) is 14.6. The van der Waals surface area contributed by atoms with E-state index >= 15 is 0 Å². The Kier molecular flexibility index (Phi) is 7.14. The Morgan fingerprint density at radius 3 is 1.12 bits per heavy atom. The van der Waals surface area contributed by atoms with Gasteiger partial charge in [0.1, 0.15) is 0 Å². The number of hydrogen-bond acceptors (Lipinski definition) is 0. The molecular weight excluding hydrogens is 703 g/mol. The maximum absolute atomic E-state index is 2.46. The van der Waals surface area contributed by atoms with Gasteiger partial charge in [0.05, 0.1) is 33.1 Å². The molecule has 0 aliphatic rings. The molecule has 0 unspecified atom stereocenters. The summed E-state index contributed by atoms with van der Waals surface area (Å²) in [5.74, 6) is 0. The Morgan fingerprint density at radius 2 is 0.621 bits per heavy atom. The highest BCUT2D eigenvalue weighted by Crippen LogP contribution is 2.41. The van der Waals surface area contributed by atoms with Gasteiger partial charge in [0.15, 0.2) is 0 Å². The van der Waals surface area contributed by atoms with E-state index in [4.69, 9.17) is 0 Å². The Morgan fingerprint density at radius 1 is 0.241 bits per heavy atom. The summed E-state index contributed by atoms with van der Waals surface area (Å²) in [6, 6.07) is 75.6. The summed E-state index contributed by atoms with van der Waals surface area (Å²) in [4.78, 5) is 0. The molecule has 58 heavy (non-hydrogen) atoms. The van der Waals surface area contributed by atoms with Gasteiger partial charge in [0.25, 0.3) is 0 Å². The van der Waals surface area contributed by atoms with Gasteiger partial charge in [0, 0.05) is 49.4 Å². The van der Waals surface area contributed by atoms with Crippen molar-refractivity contribution in [2.75, 3.05) is 0 Å². The Hall–Kier alpha value is -7.62. The van der Waals surface area contributed by atoms with E-state index in [1.165, 1.54) is 105 Å². The molecule has 0 fully saturated rings. The molecule has 0 aliphatic carbocycles. The fraction of sp³-hybridized carbons (Fsp3) is 0.0182. The van der Waals surface area contributed by atoms with E-state index in [2.05, 4.69) is 227 Å². The molecule has 3 heterocycles. The van der Waals surface area contributed by atoms with Gasteiger partial charge in [-0.2, -0.15) is 0 Å². The normalized spacial score (nSPS) is 11.9. The molecule has 0 amide bonds. The van der Waals surface area contributed by atoms with Crippen LogP contribution in [0.25, 0.3) is 105 Å². The maximum Gasteiger partial charge on any atom is 0.0547 e. The number of aryl methyl sites for hydroxylation is 1. The lowest BCUT2D eigenvalue weighted by Gasteiger charge is -2.11. The van der Waals surface area contributed by atoms with Crippen molar-refractivity contribution in [3.8, 4) is 39.3 Å². The van der Waals surface area contributed by atoms with Crippen molar-refractivity contribution >= 4 is 65.4 Å². The lowest BCUT2D eigenvalue weighted by atomic mass is 10.00. The van der Waals surface area contributed by atoms with Crippen molar-refractivity contribution < 1.29 is 0 Å². The van der Waals surface area contributed by atoms with Gasteiger partial charge in [-0.05, 0) is 120 Å². The van der Waals surface area contributed by atoms with E-state index < -0.39 is 0 Å². The van der Waals surface area contributed by atoms with Gasteiger partial charge in [-0.25, -0.2) is 0 Å². The van der Waals surface area contributed by atoms with Crippen molar-refractivity contribution in [3.05, 3.63) is 212 Å². The predicted molar refractivity (Wildman–Crippen MR) is 245 cm³/mol. The van der Waals surface area contributed by atoms with Crippen LogP contribution in [0.2, 0.25) is 0 Å². The van der Waals surface area contributed by atoms with Crippen LogP contribution in [0.5, 0.6) is 0 Å². The molecule has 9 aromatic carbocycles. The quantitative estimate of drug-likeness (QED) is 0.167. The lowest BCUT2D eigenvalue weighted by molar-refractivity contribution is 1.17. The number of rotatable bonds is 5. The zero-order valence-corrected chi connectivity index (χ0v) is 32.0. The second kappa shape index (κ2) is 12.7.